The van der Waals surface area contributed by atoms with Crippen LogP contribution in [0.15, 0.2) is 16.7 Å². The van der Waals surface area contributed by atoms with E-state index in [4.69, 9.17) is 16.0 Å². The molecule has 2 rings (SSSR count). The second-order valence-corrected chi connectivity index (χ2v) is 2.54. The highest BCUT2D eigenvalue weighted by atomic mass is 35.5. The maximum absolute atomic E-state index is 5.73. The van der Waals surface area contributed by atoms with Gasteiger partial charge in [0.05, 0.1) is 0 Å². The summed E-state index contributed by atoms with van der Waals surface area (Å²) in [5.74, 6) is 0.606. The number of hydrogen-bond donors (Lipinski definition) is 0. The van der Waals surface area contributed by atoms with Crippen molar-refractivity contribution in [1.82, 2.24) is 9.97 Å². The van der Waals surface area contributed by atoms with Crippen molar-refractivity contribution in [3.05, 3.63) is 23.3 Å². The van der Waals surface area contributed by atoms with Crippen LogP contribution in [-0.4, -0.2) is 9.97 Å². The number of aryl methyl sites for hydroxylation is 1. The lowest BCUT2D eigenvalue weighted by atomic mass is 10.4. The Morgan fingerprint density at radius 2 is 2.36 bits per heavy atom. The van der Waals surface area contributed by atoms with E-state index in [0.717, 1.165) is 5.52 Å². The molecule has 0 saturated heterocycles. The Labute approximate surface area is 68.0 Å². The van der Waals surface area contributed by atoms with Gasteiger partial charge in [0.2, 0.25) is 0 Å². The number of hydrogen-bond acceptors (Lipinski definition) is 3. The van der Waals surface area contributed by atoms with Crippen LogP contribution in [0.4, 0.5) is 0 Å². The van der Waals surface area contributed by atoms with Gasteiger partial charge in [0.1, 0.15) is 5.52 Å². The van der Waals surface area contributed by atoms with Gasteiger partial charge in [-0.15, -0.1) is 0 Å². The van der Waals surface area contributed by atoms with Crippen LogP contribution in [0.3, 0.4) is 0 Å². The molecule has 0 aliphatic carbocycles. The average Bonchev–Trinajstić information content (AvgIpc) is 2.31. The Bertz CT molecular complexity index is 396. The van der Waals surface area contributed by atoms with Gasteiger partial charge in [-0.1, -0.05) is 11.6 Å². The average molecular weight is 169 g/mol. The van der Waals surface area contributed by atoms with E-state index >= 15 is 0 Å². The number of fused-ring (bicyclic) bond motifs is 1. The van der Waals surface area contributed by atoms with Gasteiger partial charge in [-0.05, 0) is 6.07 Å². The van der Waals surface area contributed by atoms with E-state index in [1.165, 1.54) is 0 Å². The molecular weight excluding hydrogens is 164 g/mol. The number of aromatic nitrogens is 2. The largest absolute Gasteiger partial charge is 0.438 e. The zero-order valence-electron chi connectivity index (χ0n) is 5.84. The Morgan fingerprint density at radius 3 is 3.09 bits per heavy atom. The zero-order chi connectivity index (χ0) is 7.84. The molecule has 0 saturated carbocycles. The molecule has 11 heavy (non-hydrogen) atoms. The molecule has 0 spiro atoms. The molecule has 0 amide bonds. The van der Waals surface area contributed by atoms with Crippen LogP contribution in [0, 0.1) is 6.92 Å². The molecule has 0 bridgehead atoms. The van der Waals surface area contributed by atoms with Crippen molar-refractivity contribution in [1.29, 1.82) is 0 Å². The predicted octanol–water partition coefficient (Wildman–Crippen LogP) is 2.18. The minimum atomic E-state index is 0.364. The quantitative estimate of drug-likeness (QED) is 0.566. The van der Waals surface area contributed by atoms with Crippen LogP contribution in [0.5, 0.6) is 0 Å². The highest BCUT2D eigenvalue weighted by molar-refractivity contribution is 6.33. The van der Waals surface area contributed by atoms with Gasteiger partial charge >= 0.3 is 0 Å². The first kappa shape index (κ1) is 6.61. The van der Waals surface area contributed by atoms with Crippen molar-refractivity contribution in [2.75, 3.05) is 0 Å². The highest BCUT2D eigenvalue weighted by Crippen LogP contribution is 2.20. The minimum absolute atomic E-state index is 0.364. The van der Waals surface area contributed by atoms with Crippen molar-refractivity contribution >= 4 is 22.7 Å². The molecule has 56 valence electrons. The molecule has 0 aromatic carbocycles. The van der Waals surface area contributed by atoms with E-state index in [0.29, 0.717) is 16.6 Å². The molecule has 0 atom stereocenters. The van der Waals surface area contributed by atoms with Crippen LogP contribution >= 0.6 is 11.6 Å². The molecule has 0 radical (unpaired) electrons. The molecule has 2 aromatic rings. The molecule has 3 nitrogen and oxygen atoms in total. The summed E-state index contributed by atoms with van der Waals surface area (Å²) in [7, 11) is 0. The Balaban J connectivity index is 2.90. The van der Waals surface area contributed by atoms with Gasteiger partial charge in [0, 0.05) is 13.1 Å². The van der Waals surface area contributed by atoms with Crippen LogP contribution in [0.1, 0.15) is 5.89 Å². The summed E-state index contributed by atoms with van der Waals surface area (Å²) in [4.78, 5) is 7.94. The Kier molecular flexibility index (Phi) is 1.32. The number of rotatable bonds is 0. The highest BCUT2D eigenvalue weighted by Gasteiger charge is 2.05. The molecule has 2 heterocycles. The third-order valence-electron chi connectivity index (χ3n) is 1.37. The molecule has 4 heteroatoms. The smallest absolute Gasteiger partial charge is 0.192 e. The number of pyridine rings is 1. The van der Waals surface area contributed by atoms with Gasteiger partial charge in [0.25, 0.3) is 0 Å². The molecule has 0 aliphatic heterocycles. The summed E-state index contributed by atoms with van der Waals surface area (Å²) in [6, 6.07) is 1.76. The van der Waals surface area contributed by atoms with Crippen molar-refractivity contribution < 1.29 is 4.42 Å². The first-order chi connectivity index (χ1) is 5.27. The summed E-state index contributed by atoms with van der Waals surface area (Å²) in [5.41, 5.74) is 1.31. The van der Waals surface area contributed by atoms with Crippen LogP contribution < -0.4 is 0 Å². The molecular formula is C7H5ClN2O. The minimum Gasteiger partial charge on any atom is -0.438 e. The van der Waals surface area contributed by atoms with E-state index in [9.17, 15) is 0 Å². The summed E-state index contributed by atoms with van der Waals surface area (Å²) in [5, 5.41) is 0.364. The van der Waals surface area contributed by atoms with Gasteiger partial charge in [0.15, 0.2) is 16.6 Å². The molecule has 0 N–H and O–H groups in total. The van der Waals surface area contributed by atoms with Gasteiger partial charge in [-0.25, -0.2) is 9.97 Å². The maximum atomic E-state index is 5.73. The summed E-state index contributed by atoms with van der Waals surface area (Å²) < 4.78 is 5.19. The first-order valence-electron chi connectivity index (χ1n) is 3.15. The van der Waals surface area contributed by atoms with Gasteiger partial charge in [-0.3, -0.25) is 0 Å². The normalized spacial score (nSPS) is 10.7. The lowest BCUT2D eigenvalue weighted by Crippen LogP contribution is -1.73. The zero-order valence-corrected chi connectivity index (χ0v) is 6.59. The second kappa shape index (κ2) is 2.20. The first-order valence-corrected chi connectivity index (χ1v) is 3.53. The maximum Gasteiger partial charge on any atom is 0.192 e. The Morgan fingerprint density at radius 1 is 1.55 bits per heavy atom. The van der Waals surface area contributed by atoms with E-state index in [-0.39, 0.29) is 0 Å². The summed E-state index contributed by atoms with van der Waals surface area (Å²) in [6.45, 7) is 1.77. The van der Waals surface area contributed by atoms with Gasteiger partial charge in [-0.2, -0.15) is 0 Å². The van der Waals surface area contributed by atoms with Crippen LogP contribution in [0.25, 0.3) is 11.1 Å². The third kappa shape index (κ3) is 0.973. The fraction of sp³-hybridized carbons (Fsp3) is 0.143. The topological polar surface area (TPSA) is 38.9 Å². The predicted molar refractivity (Wildman–Crippen MR) is 41.6 cm³/mol. The van der Waals surface area contributed by atoms with Gasteiger partial charge < -0.3 is 4.42 Å². The monoisotopic (exact) mass is 168 g/mol. The standard InChI is InChI=1S/C7H5ClN2O/c1-4-10-5-2-3-9-7(8)6(5)11-4/h2-3H,1H3. The lowest BCUT2D eigenvalue weighted by Gasteiger charge is -1.86. The molecule has 0 aliphatic rings. The van der Waals surface area contributed by atoms with Crippen molar-refractivity contribution in [3.8, 4) is 0 Å². The van der Waals surface area contributed by atoms with E-state index in [1.807, 2.05) is 0 Å². The summed E-state index contributed by atoms with van der Waals surface area (Å²) in [6.07, 6.45) is 1.60. The SMILES string of the molecule is Cc1nc2ccnc(Cl)c2o1. The van der Waals surface area contributed by atoms with E-state index in [1.54, 1.807) is 19.2 Å². The van der Waals surface area contributed by atoms with Crippen molar-refractivity contribution in [2.45, 2.75) is 6.92 Å². The number of nitrogens with zero attached hydrogens (tertiary/aromatic N) is 2. The fourth-order valence-electron chi connectivity index (χ4n) is 0.936. The van der Waals surface area contributed by atoms with Crippen LogP contribution in [-0.2, 0) is 0 Å². The lowest BCUT2D eigenvalue weighted by molar-refractivity contribution is 0.560. The van der Waals surface area contributed by atoms with E-state index in [2.05, 4.69) is 9.97 Å². The number of halogens is 1. The summed E-state index contributed by atoms with van der Waals surface area (Å²) >= 11 is 5.73. The second-order valence-electron chi connectivity index (χ2n) is 2.18. The molecule has 2 aromatic heterocycles. The van der Waals surface area contributed by atoms with Crippen molar-refractivity contribution in [2.24, 2.45) is 0 Å². The Hall–Kier alpha value is -1.09. The fourth-order valence-corrected chi connectivity index (χ4v) is 1.13. The molecule has 0 fully saturated rings. The van der Waals surface area contributed by atoms with Crippen LogP contribution in [0.2, 0.25) is 5.15 Å². The molecule has 0 unspecified atom stereocenters. The van der Waals surface area contributed by atoms with Crippen molar-refractivity contribution in [3.63, 3.8) is 0 Å². The number of oxazole rings is 1. The van der Waals surface area contributed by atoms with E-state index < -0.39 is 0 Å². The third-order valence-corrected chi connectivity index (χ3v) is 1.64.